The maximum absolute atomic E-state index is 12.6. The number of ether oxygens (including phenoxy) is 2. The smallest absolute Gasteiger partial charge is 0.416 e. The van der Waals surface area contributed by atoms with Gasteiger partial charge in [-0.2, -0.15) is 13.2 Å². The average molecular weight is 421 g/mol. The molecule has 3 aromatic rings. The van der Waals surface area contributed by atoms with Crippen molar-refractivity contribution in [3.63, 3.8) is 0 Å². The van der Waals surface area contributed by atoms with Gasteiger partial charge in [0, 0.05) is 28.5 Å². The lowest BCUT2D eigenvalue weighted by Crippen LogP contribution is -2.32. The molecule has 0 bridgehead atoms. The van der Waals surface area contributed by atoms with Crippen molar-refractivity contribution < 1.29 is 27.6 Å². The number of aromatic nitrogens is 4. The second kappa shape index (κ2) is 7.71. The number of alkyl halides is 3. The zero-order chi connectivity index (χ0) is 21.3. The van der Waals surface area contributed by atoms with E-state index in [0.717, 1.165) is 12.1 Å². The molecule has 156 valence electrons. The SMILES string of the molecule is O=[N+]([O-])c1cn2c(n1)OC[C@@H](OCc1cnc(-c3ccc(C(F)(F)F)cc3)nc1)C2. The second-order valence-electron chi connectivity index (χ2n) is 6.53. The Hall–Kier alpha value is -3.54. The minimum absolute atomic E-state index is 0.172. The van der Waals surface area contributed by atoms with E-state index in [9.17, 15) is 23.3 Å². The molecule has 0 fully saturated rings. The van der Waals surface area contributed by atoms with E-state index in [2.05, 4.69) is 15.0 Å². The van der Waals surface area contributed by atoms with E-state index >= 15 is 0 Å². The maximum atomic E-state index is 12.6. The molecule has 1 aliphatic rings. The monoisotopic (exact) mass is 421 g/mol. The Balaban J connectivity index is 1.35. The molecule has 1 aromatic carbocycles. The van der Waals surface area contributed by atoms with Crippen molar-refractivity contribution in [1.29, 1.82) is 0 Å². The molecular weight excluding hydrogens is 407 g/mol. The summed E-state index contributed by atoms with van der Waals surface area (Å²) in [6.45, 7) is 0.715. The summed E-state index contributed by atoms with van der Waals surface area (Å²) < 4.78 is 50.6. The predicted molar refractivity (Wildman–Crippen MR) is 95.4 cm³/mol. The van der Waals surface area contributed by atoms with Gasteiger partial charge < -0.3 is 19.6 Å². The molecule has 0 N–H and O–H groups in total. The van der Waals surface area contributed by atoms with E-state index in [0.29, 0.717) is 23.5 Å². The van der Waals surface area contributed by atoms with Crippen LogP contribution in [0.1, 0.15) is 11.1 Å². The molecular formula is C18H14F3N5O4. The van der Waals surface area contributed by atoms with Crippen LogP contribution in [0.15, 0.2) is 42.9 Å². The molecule has 0 aliphatic carbocycles. The zero-order valence-corrected chi connectivity index (χ0v) is 15.2. The van der Waals surface area contributed by atoms with Crippen LogP contribution in [0, 0.1) is 10.1 Å². The normalized spacial score (nSPS) is 16.0. The molecule has 0 amide bonds. The van der Waals surface area contributed by atoms with E-state index in [1.165, 1.54) is 35.3 Å². The van der Waals surface area contributed by atoms with Gasteiger partial charge in [-0.15, -0.1) is 0 Å². The highest BCUT2D eigenvalue weighted by atomic mass is 19.4. The zero-order valence-electron chi connectivity index (χ0n) is 15.2. The summed E-state index contributed by atoms with van der Waals surface area (Å²) >= 11 is 0. The van der Waals surface area contributed by atoms with E-state index in [-0.39, 0.29) is 31.1 Å². The topological polar surface area (TPSA) is 105 Å². The molecule has 9 nitrogen and oxygen atoms in total. The van der Waals surface area contributed by atoms with Crippen molar-refractivity contribution in [2.75, 3.05) is 6.61 Å². The highest BCUT2D eigenvalue weighted by molar-refractivity contribution is 5.55. The quantitative estimate of drug-likeness (QED) is 0.460. The molecule has 0 saturated heterocycles. The molecule has 0 saturated carbocycles. The van der Waals surface area contributed by atoms with Crippen molar-refractivity contribution >= 4 is 5.82 Å². The van der Waals surface area contributed by atoms with Crippen molar-refractivity contribution in [3.8, 4) is 17.4 Å². The van der Waals surface area contributed by atoms with Gasteiger partial charge in [-0.25, -0.2) is 9.97 Å². The largest absolute Gasteiger partial charge is 0.443 e. The van der Waals surface area contributed by atoms with Crippen LogP contribution >= 0.6 is 0 Å². The summed E-state index contributed by atoms with van der Waals surface area (Å²) in [5, 5.41) is 10.8. The van der Waals surface area contributed by atoms with Crippen LogP contribution in [-0.4, -0.2) is 37.2 Å². The lowest BCUT2D eigenvalue weighted by Gasteiger charge is -2.22. The van der Waals surface area contributed by atoms with Crippen LogP contribution in [0.3, 0.4) is 0 Å². The summed E-state index contributed by atoms with van der Waals surface area (Å²) in [6, 6.07) is 4.76. The molecule has 2 aromatic heterocycles. The van der Waals surface area contributed by atoms with Crippen molar-refractivity contribution in [1.82, 2.24) is 19.5 Å². The molecule has 0 radical (unpaired) electrons. The summed E-state index contributed by atoms with van der Waals surface area (Å²) in [4.78, 5) is 22.3. The van der Waals surface area contributed by atoms with Crippen molar-refractivity contribution in [2.45, 2.75) is 25.4 Å². The van der Waals surface area contributed by atoms with Crippen LogP contribution in [0.5, 0.6) is 6.01 Å². The first kappa shape index (κ1) is 19.8. The average Bonchev–Trinajstić information content (AvgIpc) is 3.16. The highest BCUT2D eigenvalue weighted by Crippen LogP contribution is 2.30. The fraction of sp³-hybridized carbons (Fsp3) is 0.278. The summed E-state index contributed by atoms with van der Waals surface area (Å²) in [6.07, 6.45) is -0.409. The van der Waals surface area contributed by atoms with E-state index in [1.807, 2.05) is 0 Å². The number of imidazole rings is 1. The number of hydrogen-bond acceptors (Lipinski definition) is 7. The first-order valence-electron chi connectivity index (χ1n) is 8.74. The Morgan fingerprint density at radius 3 is 2.57 bits per heavy atom. The van der Waals surface area contributed by atoms with Gasteiger partial charge in [0.15, 0.2) is 5.82 Å². The number of nitrogens with zero attached hydrogens (tertiary/aromatic N) is 5. The number of hydrogen-bond donors (Lipinski definition) is 0. The lowest BCUT2D eigenvalue weighted by molar-refractivity contribution is -0.389. The van der Waals surface area contributed by atoms with Crippen LogP contribution in [-0.2, 0) is 24.1 Å². The van der Waals surface area contributed by atoms with Gasteiger partial charge in [-0.1, -0.05) is 12.1 Å². The summed E-state index contributed by atoms with van der Waals surface area (Å²) in [5.74, 6) is 0.00162. The van der Waals surface area contributed by atoms with E-state index in [1.54, 1.807) is 0 Å². The van der Waals surface area contributed by atoms with Gasteiger partial charge >= 0.3 is 18.0 Å². The highest BCUT2D eigenvalue weighted by Gasteiger charge is 2.30. The molecule has 4 rings (SSSR count). The number of halogens is 3. The molecule has 30 heavy (non-hydrogen) atoms. The third-order valence-corrected chi connectivity index (χ3v) is 4.37. The Labute approximate surface area is 167 Å². The number of nitro groups is 1. The molecule has 1 aliphatic heterocycles. The van der Waals surface area contributed by atoms with Crippen LogP contribution in [0.25, 0.3) is 11.4 Å². The Morgan fingerprint density at radius 1 is 1.23 bits per heavy atom. The van der Waals surface area contributed by atoms with Gasteiger partial charge in [0.1, 0.15) is 18.9 Å². The second-order valence-corrected chi connectivity index (χ2v) is 6.53. The first-order valence-corrected chi connectivity index (χ1v) is 8.74. The minimum Gasteiger partial charge on any atom is -0.443 e. The molecule has 0 spiro atoms. The number of rotatable bonds is 5. The van der Waals surface area contributed by atoms with Gasteiger partial charge in [-0.05, 0) is 17.1 Å². The summed E-state index contributed by atoms with van der Waals surface area (Å²) in [5.41, 5.74) is 0.385. The number of fused-ring (bicyclic) bond motifs is 1. The van der Waals surface area contributed by atoms with Gasteiger partial charge in [0.05, 0.1) is 18.7 Å². The van der Waals surface area contributed by atoms with E-state index in [4.69, 9.17) is 9.47 Å². The van der Waals surface area contributed by atoms with Gasteiger partial charge in [0.25, 0.3) is 0 Å². The maximum Gasteiger partial charge on any atom is 0.416 e. The van der Waals surface area contributed by atoms with Crippen LogP contribution in [0.2, 0.25) is 0 Å². The minimum atomic E-state index is -4.40. The van der Waals surface area contributed by atoms with E-state index < -0.39 is 16.7 Å². The van der Waals surface area contributed by atoms with Crippen LogP contribution < -0.4 is 4.74 Å². The number of benzene rings is 1. The van der Waals surface area contributed by atoms with Crippen molar-refractivity contribution in [3.05, 3.63) is 64.1 Å². The molecule has 0 unspecified atom stereocenters. The van der Waals surface area contributed by atoms with Gasteiger partial charge in [0.2, 0.25) is 0 Å². The fourth-order valence-electron chi connectivity index (χ4n) is 2.86. The van der Waals surface area contributed by atoms with Gasteiger partial charge in [-0.3, -0.25) is 4.57 Å². The van der Waals surface area contributed by atoms with Crippen molar-refractivity contribution in [2.24, 2.45) is 0 Å². The Kier molecular flexibility index (Phi) is 5.08. The summed E-state index contributed by atoms with van der Waals surface area (Å²) in [7, 11) is 0. The third-order valence-electron chi connectivity index (χ3n) is 4.37. The lowest BCUT2D eigenvalue weighted by atomic mass is 10.1. The standard InChI is InChI=1S/C18H14F3N5O4/c19-18(20,21)13-3-1-12(2-4-13)16-22-5-11(6-23-16)9-29-14-7-25-8-15(26(27)28)24-17(25)30-10-14/h1-6,8,14H,7,9-10H2/t14-/m0/s1. The first-order chi connectivity index (χ1) is 14.3. The third kappa shape index (κ3) is 4.22. The molecule has 12 heteroatoms. The van der Waals surface area contributed by atoms with Crippen LogP contribution in [0.4, 0.5) is 19.0 Å². The predicted octanol–water partition coefficient (Wildman–Crippen LogP) is 3.24. The molecule has 3 heterocycles. The Bertz CT molecular complexity index is 1050. The fourth-order valence-corrected chi connectivity index (χ4v) is 2.86. The Morgan fingerprint density at radius 2 is 1.93 bits per heavy atom. The molecule has 1 atom stereocenters.